The van der Waals surface area contributed by atoms with Crippen molar-refractivity contribution in [2.75, 3.05) is 20.7 Å². The van der Waals surface area contributed by atoms with Crippen LogP contribution in [0.2, 0.25) is 0 Å². The van der Waals surface area contributed by atoms with Crippen molar-refractivity contribution >= 4 is 12.0 Å². The van der Waals surface area contributed by atoms with Crippen molar-refractivity contribution in [2.24, 2.45) is 0 Å². The topological polar surface area (TPSA) is 55.3 Å². The van der Waals surface area contributed by atoms with Gasteiger partial charge in [-0.05, 0) is 18.2 Å². The van der Waals surface area contributed by atoms with Crippen LogP contribution in [0.25, 0.3) is 17.3 Å². The highest BCUT2D eigenvalue weighted by Crippen LogP contribution is 2.32. The Labute approximate surface area is 122 Å². The summed E-state index contributed by atoms with van der Waals surface area (Å²) >= 11 is 0. The normalized spacial score (nSPS) is 12.5. The van der Waals surface area contributed by atoms with Crippen LogP contribution in [0.1, 0.15) is 16.2 Å². The Bertz CT molecular complexity index is 723. The Kier molecular flexibility index (Phi) is 3.39. The van der Waals surface area contributed by atoms with Gasteiger partial charge in [-0.25, -0.2) is 9.97 Å². The van der Waals surface area contributed by atoms with Crippen molar-refractivity contribution < 1.29 is 9.53 Å². The third kappa shape index (κ3) is 2.50. The number of carbonyl (C=O) groups is 1. The van der Waals surface area contributed by atoms with E-state index in [1.54, 1.807) is 26.4 Å². The maximum absolute atomic E-state index is 12.0. The molecule has 1 aliphatic rings. The van der Waals surface area contributed by atoms with Crippen LogP contribution in [0.15, 0.2) is 36.5 Å². The predicted molar refractivity (Wildman–Crippen MR) is 80.0 cm³/mol. The lowest BCUT2D eigenvalue weighted by Gasteiger charge is -2.16. The van der Waals surface area contributed by atoms with Gasteiger partial charge in [0.2, 0.25) is 5.82 Å². The van der Waals surface area contributed by atoms with Gasteiger partial charge in [0.05, 0.1) is 5.69 Å². The molecule has 2 aromatic rings. The molecule has 0 saturated carbocycles. The third-order valence-corrected chi connectivity index (χ3v) is 3.21. The molecule has 1 aromatic carbocycles. The van der Waals surface area contributed by atoms with Gasteiger partial charge >= 0.3 is 0 Å². The molecule has 2 heterocycles. The number of rotatable bonds is 2. The monoisotopic (exact) mass is 281 g/mol. The van der Waals surface area contributed by atoms with Crippen molar-refractivity contribution in [3.05, 3.63) is 47.9 Å². The fraction of sp³-hybridized carbons (Fsp3) is 0.188. The van der Waals surface area contributed by atoms with E-state index in [0.29, 0.717) is 12.3 Å². The van der Waals surface area contributed by atoms with E-state index in [2.05, 4.69) is 9.97 Å². The molecule has 1 amide bonds. The van der Waals surface area contributed by atoms with E-state index in [9.17, 15) is 4.79 Å². The Morgan fingerprint density at radius 2 is 2.14 bits per heavy atom. The van der Waals surface area contributed by atoms with Crippen LogP contribution in [-0.4, -0.2) is 41.5 Å². The van der Waals surface area contributed by atoms with Crippen LogP contribution in [0, 0.1) is 0 Å². The predicted octanol–water partition coefficient (Wildman–Crippen LogP) is 2.25. The van der Waals surface area contributed by atoms with Crippen LogP contribution in [0.5, 0.6) is 5.75 Å². The van der Waals surface area contributed by atoms with Crippen LogP contribution in [0.3, 0.4) is 0 Å². The quantitative estimate of drug-likeness (QED) is 0.847. The summed E-state index contributed by atoms with van der Waals surface area (Å²) in [7, 11) is 3.36. The molecule has 0 spiro atoms. The van der Waals surface area contributed by atoms with Gasteiger partial charge in [0.15, 0.2) is 0 Å². The fourth-order valence-electron chi connectivity index (χ4n) is 2.18. The zero-order valence-corrected chi connectivity index (χ0v) is 11.9. The zero-order valence-electron chi connectivity index (χ0n) is 11.9. The Hall–Kier alpha value is -2.69. The SMILES string of the molecule is CN(C)C(=O)c1nccc(-c2cccc3c2C=CCO3)n1. The Morgan fingerprint density at radius 1 is 1.29 bits per heavy atom. The molecule has 0 radical (unpaired) electrons. The number of aromatic nitrogens is 2. The van der Waals surface area contributed by atoms with E-state index in [1.807, 2.05) is 30.4 Å². The maximum Gasteiger partial charge on any atom is 0.291 e. The van der Waals surface area contributed by atoms with Crippen LogP contribution < -0.4 is 4.74 Å². The van der Waals surface area contributed by atoms with Crippen LogP contribution in [0.4, 0.5) is 0 Å². The van der Waals surface area contributed by atoms with Gasteiger partial charge in [-0.2, -0.15) is 0 Å². The number of benzene rings is 1. The van der Waals surface area contributed by atoms with E-state index in [0.717, 1.165) is 16.9 Å². The average Bonchev–Trinajstić information content (AvgIpc) is 2.53. The highest BCUT2D eigenvalue weighted by atomic mass is 16.5. The summed E-state index contributed by atoms with van der Waals surface area (Å²) in [4.78, 5) is 21.9. The smallest absolute Gasteiger partial charge is 0.291 e. The third-order valence-electron chi connectivity index (χ3n) is 3.21. The number of hydrogen-bond acceptors (Lipinski definition) is 4. The van der Waals surface area contributed by atoms with Crippen molar-refractivity contribution in [3.63, 3.8) is 0 Å². The molecule has 5 heteroatoms. The lowest BCUT2D eigenvalue weighted by Crippen LogP contribution is -2.24. The number of amides is 1. The standard InChI is InChI=1S/C16H15N3O2/c1-19(2)16(20)15-17-9-8-13(18-15)11-5-3-7-14-12(11)6-4-10-21-14/h3-9H,10H2,1-2H3. The molecule has 0 N–H and O–H groups in total. The molecule has 0 fully saturated rings. The van der Waals surface area contributed by atoms with Gasteiger partial charge in [0, 0.05) is 31.4 Å². The summed E-state index contributed by atoms with van der Waals surface area (Å²) in [6.45, 7) is 0.574. The second-order valence-corrected chi connectivity index (χ2v) is 4.90. The molecule has 0 unspecified atom stereocenters. The van der Waals surface area contributed by atoms with Crippen molar-refractivity contribution in [3.8, 4) is 17.0 Å². The van der Waals surface area contributed by atoms with E-state index in [4.69, 9.17) is 4.74 Å². The minimum atomic E-state index is -0.214. The first-order chi connectivity index (χ1) is 10.2. The van der Waals surface area contributed by atoms with Gasteiger partial charge in [-0.15, -0.1) is 0 Å². The molecule has 0 bridgehead atoms. The van der Waals surface area contributed by atoms with Gasteiger partial charge in [0.25, 0.3) is 5.91 Å². The van der Waals surface area contributed by atoms with Gasteiger partial charge in [-0.1, -0.05) is 18.2 Å². The Morgan fingerprint density at radius 3 is 2.95 bits per heavy atom. The minimum Gasteiger partial charge on any atom is -0.489 e. The lowest BCUT2D eigenvalue weighted by molar-refractivity contribution is 0.0816. The van der Waals surface area contributed by atoms with E-state index >= 15 is 0 Å². The molecular weight excluding hydrogens is 266 g/mol. The first-order valence-corrected chi connectivity index (χ1v) is 6.64. The van der Waals surface area contributed by atoms with Crippen LogP contribution in [-0.2, 0) is 0 Å². The summed E-state index contributed by atoms with van der Waals surface area (Å²) < 4.78 is 5.60. The number of nitrogens with zero attached hydrogens (tertiary/aromatic N) is 3. The van der Waals surface area contributed by atoms with Gasteiger partial charge in [-0.3, -0.25) is 4.79 Å². The molecule has 3 rings (SSSR count). The van der Waals surface area contributed by atoms with Crippen molar-refractivity contribution in [2.45, 2.75) is 0 Å². The molecule has 0 saturated heterocycles. The first-order valence-electron chi connectivity index (χ1n) is 6.64. The summed E-state index contributed by atoms with van der Waals surface area (Å²) in [5.41, 5.74) is 2.62. The first kappa shape index (κ1) is 13.3. The molecule has 21 heavy (non-hydrogen) atoms. The highest BCUT2D eigenvalue weighted by molar-refractivity contribution is 5.90. The molecule has 106 valence electrons. The summed E-state index contributed by atoms with van der Waals surface area (Å²) in [5, 5.41) is 0. The Balaban J connectivity index is 2.08. The molecule has 1 aromatic heterocycles. The highest BCUT2D eigenvalue weighted by Gasteiger charge is 2.16. The molecule has 1 aliphatic heterocycles. The minimum absolute atomic E-state index is 0.191. The zero-order chi connectivity index (χ0) is 14.8. The maximum atomic E-state index is 12.0. The number of ether oxygens (including phenoxy) is 1. The van der Waals surface area contributed by atoms with Gasteiger partial charge < -0.3 is 9.64 Å². The second-order valence-electron chi connectivity index (χ2n) is 4.90. The molecule has 5 nitrogen and oxygen atoms in total. The van der Waals surface area contributed by atoms with E-state index < -0.39 is 0 Å². The van der Waals surface area contributed by atoms with Gasteiger partial charge in [0.1, 0.15) is 12.4 Å². The van der Waals surface area contributed by atoms with E-state index in [-0.39, 0.29) is 11.7 Å². The number of fused-ring (bicyclic) bond motifs is 1. The second kappa shape index (κ2) is 5.36. The van der Waals surface area contributed by atoms with Crippen LogP contribution >= 0.6 is 0 Å². The van der Waals surface area contributed by atoms with Crippen molar-refractivity contribution in [1.29, 1.82) is 0 Å². The summed E-state index contributed by atoms with van der Waals surface area (Å²) in [6.07, 6.45) is 5.58. The fourth-order valence-corrected chi connectivity index (χ4v) is 2.18. The van der Waals surface area contributed by atoms with Crippen molar-refractivity contribution in [1.82, 2.24) is 14.9 Å². The van der Waals surface area contributed by atoms with E-state index in [1.165, 1.54) is 4.90 Å². The summed E-state index contributed by atoms with van der Waals surface area (Å²) in [5.74, 6) is 0.804. The number of carbonyl (C=O) groups excluding carboxylic acids is 1. The summed E-state index contributed by atoms with van der Waals surface area (Å²) in [6, 6.07) is 7.60. The average molecular weight is 281 g/mol. The number of hydrogen-bond donors (Lipinski definition) is 0. The lowest BCUT2D eigenvalue weighted by atomic mass is 10.0. The molecule has 0 aliphatic carbocycles. The largest absolute Gasteiger partial charge is 0.489 e. The molecule has 0 atom stereocenters. The molecular formula is C16H15N3O2.